The molecule has 0 N–H and O–H groups in total. The van der Waals surface area contributed by atoms with Gasteiger partial charge in [0.15, 0.2) is 0 Å². The van der Waals surface area contributed by atoms with E-state index in [-0.39, 0.29) is 0 Å². The highest BCUT2D eigenvalue weighted by atomic mass is 32.2. The van der Waals surface area contributed by atoms with Crippen molar-refractivity contribution in [2.45, 2.75) is 26.2 Å². The first kappa shape index (κ1) is 7.93. The Morgan fingerprint density at radius 2 is 2.40 bits per heavy atom. The minimum absolute atomic E-state index is 1.22. The largest absolute Gasteiger partial charge is 0.130 e. The van der Waals surface area contributed by atoms with E-state index in [4.69, 9.17) is 0 Å². The lowest BCUT2D eigenvalue weighted by molar-refractivity contribution is 0.891. The summed E-state index contributed by atoms with van der Waals surface area (Å²) in [6.45, 7) is 2.24. The highest BCUT2D eigenvalue weighted by Gasteiger charge is 2.03. The molecule has 0 aromatic rings. The second-order valence-corrected chi connectivity index (χ2v) is 3.31. The van der Waals surface area contributed by atoms with Gasteiger partial charge in [-0.1, -0.05) is 24.6 Å². The monoisotopic (exact) mass is 154 g/mol. The average molecular weight is 154 g/mol. The van der Waals surface area contributed by atoms with Crippen molar-refractivity contribution in [1.29, 1.82) is 0 Å². The predicted octanol–water partition coefficient (Wildman–Crippen LogP) is 3.36. The van der Waals surface area contributed by atoms with E-state index in [1.807, 2.05) is 11.8 Å². The molecule has 0 fully saturated rings. The lowest BCUT2D eigenvalue weighted by Crippen LogP contribution is -1.90. The maximum Gasteiger partial charge on any atom is 0.00579 e. The van der Waals surface area contributed by atoms with Crippen molar-refractivity contribution >= 4 is 11.8 Å². The molecule has 1 heteroatoms. The topological polar surface area (TPSA) is 0 Å². The van der Waals surface area contributed by atoms with Crippen molar-refractivity contribution in [2.24, 2.45) is 0 Å². The molecule has 0 bridgehead atoms. The molecule has 0 aromatic heterocycles. The van der Waals surface area contributed by atoms with Gasteiger partial charge in [-0.25, -0.2) is 0 Å². The summed E-state index contributed by atoms with van der Waals surface area (Å²) in [6.07, 6.45) is 10.4. The molecule has 0 spiro atoms. The Labute approximate surface area is 67.4 Å². The fourth-order valence-electron chi connectivity index (χ4n) is 1.25. The number of thioether (sulfide) groups is 1. The zero-order valence-electron chi connectivity index (χ0n) is 6.68. The van der Waals surface area contributed by atoms with Crippen LogP contribution < -0.4 is 0 Å². The van der Waals surface area contributed by atoms with Crippen molar-refractivity contribution in [3.05, 3.63) is 22.6 Å². The normalized spacial score (nSPS) is 18.2. The molecular formula is C9H14S. The van der Waals surface area contributed by atoms with Crippen molar-refractivity contribution in [1.82, 2.24) is 0 Å². The van der Waals surface area contributed by atoms with Gasteiger partial charge in [-0.3, -0.25) is 0 Å². The second kappa shape index (κ2) is 3.87. The van der Waals surface area contributed by atoms with E-state index < -0.39 is 0 Å². The SMILES string of the molecule is CCC1=C(SC)C=CCC1. The van der Waals surface area contributed by atoms with Crippen molar-refractivity contribution < 1.29 is 0 Å². The van der Waals surface area contributed by atoms with E-state index in [9.17, 15) is 0 Å². The van der Waals surface area contributed by atoms with Gasteiger partial charge in [0.05, 0.1) is 0 Å². The maximum atomic E-state index is 2.27. The van der Waals surface area contributed by atoms with E-state index in [0.29, 0.717) is 0 Å². The summed E-state index contributed by atoms with van der Waals surface area (Å²) in [5, 5.41) is 0. The zero-order chi connectivity index (χ0) is 7.40. The van der Waals surface area contributed by atoms with E-state index in [0.717, 1.165) is 0 Å². The molecule has 0 heterocycles. The standard InChI is InChI=1S/C9H14S/c1-3-8-6-4-5-7-9(8)10-2/h5,7H,3-4,6H2,1-2H3. The van der Waals surface area contributed by atoms with E-state index in [1.54, 1.807) is 5.57 Å². The summed E-state index contributed by atoms with van der Waals surface area (Å²) in [6, 6.07) is 0. The Hall–Kier alpha value is -0.170. The number of hydrogen-bond donors (Lipinski definition) is 0. The first-order valence-corrected chi connectivity index (χ1v) is 5.03. The molecule has 10 heavy (non-hydrogen) atoms. The highest BCUT2D eigenvalue weighted by molar-refractivity contribution is 8.02. The second-order valence-electron chi connectivity index (χ2n) is 2.47. The molecule has 0 aliphatic heterocycles. The smallest absolute Gasteiger partial charge is 0.00579 e. The maximum absolute atomic E-state index is 2.27. The van der Waals surface area contributed by atoms with Crippen molar-refractivity contribution in [3.8, 4) is 0 Å². The van der Waals surface area contributed by atoms with Crippen LogP contribution in [-0.2, 0) is 0 Å². The fourth-order valence-corrected chi connectivity index (χ4v) is 2.02. The van der Waals surface area contributed by atoms with Gasteiger partial charge in [0, 0.05) is 4.91 Å². The molecule has 0 atom stereocenters. The van der Waals surface area contributed by atoms with Crippen molar-refractivity contribution in [3.63, 3.8) is 0 Å². The summed E-state index contributed by atoms with van der Waals surface area (Å²) < 4.78 is 0. The van der Waals surface area contributed by atoms with Crippen molar-refractivity contribution in [2.75, 3.05) is 6.26 Å². The van der Waals surface area contributed by atoms with Crippen LogP contribution in [0.5, 0.6) is 0 Å². The minimum atomic E-state index is 1.22. The summed E-state index contributed by atoms with van der Waals surface area (Å²) in [5.74, 6) is 0. The lowest BCUT2D eigenvalue weighted by atomic mass is 10.0. The Morgan fingerprint density at radius 3 is 2.90 bits per heavy atom. The van der Waals surface area contributed by atoms with Gasteiger partial charge in [0.2, 0.25) is 0 Å². The van der Waals surface area contributed by atoms with Gasteiger partial charge in [-0.05, 0) is 25.5 Å². The third-order valence-electron chi connectivity index (χ3n) is 1.88. The Balaban J connectivity index is 2.73. The Bertz CT molecular complexity index is 166. The van der Waals surface area contributed by atoms with E-state index in [1.165, 1.54) is 24.2 Å². The van der Waals surface area contributed by atoms with Gasteiger partial charge in [0.25, 0.3) is 0 Å². The third-order valence-corrected chi connectivity index (χ3v) is 2.74. The molecule has 0 aromatic carbocycles. The predicted molar refractivity (Wildman–Crippen MR) is 49.2 cm³/mol. The molecule has 1 aliphatic carbocycles. The van der Waals surface area contributed by atoms with Crippen LogP contribution in [0.2, 0.25) is 0 Å². The molecule has 0 nitrogen and oxygen atoms in total. The molecule has 0 unspecified atom stereocenters. The quantitative estimate of drug-likeness (QED) is 0.587. The Morgan fingerprint density at radius 1 is 1.60 bits per heavy atom. The molecule has 0 amide bonds. The number of hydrogen-bond acceptors (Lipinski definition) is 1. The molecule has 56 valence electrons. The first-order chi connectivity index (χ1) is 4.88. The van der Waals surface area contributed by atoms with Crippen LogP contribution in [0.25, 0.3) is 0 Å². The Kier molecular flexibility index (Phi) is 3.07. The molecule has 0 radical (unpaired) electrons. The van der Waals surface area contributed by atoms with Gasteiger partial charge in [-0.15, -0.1) is 11.8 Å². The van der Waals surface area contributed by atoms with Crippen LogP contribution in [0.1, 0.15) is 26.2 Å². The van der Waals surface area contributed by atoms with Gasteiger partial charge >= 0.3 is 0 Å². The zero-order valence-corrected chi connectivity index (χ0v) is 7.50. The summed E-state index contributed by atoms with van der Waals surface area (Å²) in [7, 11) is 0. The molecule has 1 aliphatic rings. The minimum Gasteiger partial charge on any atom is -0.130 e. The molecule has 0 saturated heterocycles. The van der Waals surface area contributed by atoms with E-state index >= 15 is 0 Å². The lowest BCUT2D eigenvalue weighted by Gasteiger charge is -2.11. The van der Waals surface area contributed by atoms with Crippen LogP contribution >= 0.6 is 11.8 Å². The van der Waals surface area contributed by atoms with Gasteiger partial charge < -0.3 is 0 Å². The number of allylic oxidation sites excluding steroid dienone is 3. The molecular weight excluding hydrogens is 140 g/mol. The van der Waals surface area contributed by atoms with Gasteiger partial charge in [0.1, 0.15) is 0 Å². The first-order valence-electron chi connectivity index (χ1n) is 3.81. The van der Waals surface area contributed by atoms with Crippen LogP contribution in [0, 0.1) is 0 Å². The number of rotatable bonds is 2. The molecule has 0 saturated carbocycles. The third kappa shape index (κ3) is 1.66. The average Bonchev–Trinajstić information content (AvgIpc) is 2.04. The summed E-state index contributed by atoms with van der Waals surface area (Å²) in [4.78, 5) is 1.49. The van der Waals surface area contributed by atoms with Crippen LogP contribution in [0.15, 0.2) is 22.6 Å². The highest BCUT2D eigenvalue weighted by Crippen LogP contribution is 2.27. The fraction of sp³-hybridized carbons (Fsp3) is 0.556. The van der Waals surface area contributed by atoms with E-state index in [2.05, 4.69) is 25.3 Å². The van der Waals surface area contributed by atoms with Crippen LogP contribution in [0.4, 0.5) is 0 Å². The van der Waals surface area contributed by atoms with Crippen LogP contribution in [-0.4, -0.2) is 6.26 Å². The molecule has 1 rings (SSSR count). The summed E-state index contributed by atoms with van der Waals surface area (Å²) in [5.41, 5.74) is 1.63. The summed E-state index contributed by atoms with van der Waals surface area (Å²) >= 11 is 1.87. The van der Waals surface area contributed by atoms with Crippen LogP contribution in [0.3, 0.4) is 0 Å². The van der Waals surface area contributed by atoms with Gasteiger partial charge in [-0.2, -0.15) is 0 Å².